The number of benzene rings is 1. The van der Waals surface area contributed by atoms with Crippen LogP contribution >= 0.6 is 23.5 Å². The molecule has 140 valence electrons. The summed E-state index contributed by atoms with van der Waals surface area (Å²) in [6, 6.07) is 4.44. The van der Waals surface area contributed by atoms with E-state index in [1.807, 2.05) is 0 Å². The Labute approximate surface area is 157 Å². The van der Waals surface area contributed by atoms with Crippen molar-refractivity contribution in [2.75, 3.05) is 5.75 Å². The molecule has 0 unspecified atom stereocenters. The molecule has 0 fully saturated rings. The van der Waals surface area contributed by atoms with Crippen molar-refractivity contribution in [1.29, 1.82) is 0 Å². The number of hydrogen-bond acceptors (Lipinski definition) is 6. The number of carbonyl (C=O) groups excluding carboxylic acids is 2. The number of aliphatic imine (C=N–C) groups is 1. The Morgan fingerprint density at radius 1 is 1.23 bits per heavy atom. The van der Waals surface area contributed by atoms with Crippen molar-refractivity contribution in [2.45, 2.75) is 32.5 Å². The van der Waals surface area contributed by atoms with Gasteiger partial charge in [0.2, 0.25) is 5.12 Å². The first-order chi connectivity index (χ1) is 11.9. The Morgan fingerprint density at radius 3 is 2.38 bits per heavy atom. The van der Waals surface area contributed by atoms with E-state index in [9.17, 15) is 22.8 Å². The summed E-state index contributed by atoms with van der Waals surface area (Å²) in [5.74, 6) is -0.400. The first-order valence-corrected chi connectivity index (χ1v) is 9.29. The number of esters is 1. The zero-order valence-corrected chi connectivity index (χ0v) is 15.8. The minimum atomic E-state index is -4.41. The number of nitrogens with zero attached hydrogens (tertiary/aromatic N) is 1. The summed E-state index contributed by atoms with van der Waals surface area (Å²) in [4.78, 5) is 27.8. The van der Waals surface area contributed by atoms with Gasteiger partial charge < -0.3 is 4.74 Å². The highest BCUT2D eigenvalue weighted by Gasteiger charge is 2.30. The van der Waals surface area contributed by atoms with E-state index in [1.54, 1.807) is 20.8 Å². The Bertz CT molecular complexity index is 763. The molecule has 0 aliphatic carbocycles. The maximum absolute atomic E-state index is 12.6. The minimum absolute atomic E-state index is 0.0178. The first-order valence-electron chi connectivity index (χ1n) is 7.48. The van der Waals surface area contributed by atoms with Gasteiger partial charge >= 0.3 is 12.1 Å². The number of hydrogen-bond donors (Lipinski definition) is 0. The van der Waals surface area contributed by atoms with Crippen LogP contribution in [0.25, 0.3) is 6.08 Å². The lowest BCUT2D eigenvalue weighted by Gasteiger charge is -2.19. The molecule has 1 aromatic rings. The number of thioether (sulfide) groups is 2. The second kappa shape index (κ2) is 7.87. The predicted molar refractivity (Wildman–Crippen MR) is 97.8 cm³/mol. The molecule has 0 bridgehead atoms. The second-order valence-electron chi connectivity index (χ2n) is 6.29. The number of ether oxygens (including phenoxy) is 1. The van der Waals surface area contributed by atoms with Gasteiger partial charge in [-0.05, 0) is 56.3 Å². The van der Waals surface area contributed by atoms with Crippen LogP contribution in [0, 0.1) is 0 Å². The third kappa shape index (κ3) is 6.21. The normalized spacial score (nSPS) is 16.8. The van der Waals surface area contributed by atoms with Crippen molar-refractivity contribution in [1.82, 2.24) is 0 Å². The Balaban J connectivity index is 2.03. The van der Waals surface area contributed by atoms with Gasteiger partial charge in [0.25, 0.3) is 0 Å². The van der Waals surface area contributed by atoms with Gasteiger partial charge in [0, 0.05) is 0 Å². The minimum Gasteiger partial charge on any atom is -0.459 e. The van der Waals surface area contributed by atoms with E-state index in [-0.39, 0.29) is 16.6 Å². The third-order valence-electron chi connectivity index (χ3n) is 2.88. The van der Waals surface area contributed by atoms with Crippen molar-refractivity contribution in [3.8, 4) is 0 Å². The number of carbonyl (C=O) groups is 2. The molecular weight excluding hydrogens is 387 g/mol. The molecular formula is C17H16F3NO3S2. The van der Waals surface area contributed by atoms with Crippen LogP contribution in [0.5, 0.6) is 0 Å². The van der Waals surface area contributed by atoms with Crippen LogP contribution in [0.15, 0.2) is 35.0 Å². The van der Waals surface area contributed by atoms with E-state index >= 15 is 0 Å². The van der Waals surface area contributed by atoms with E-state index in [2.05, 4.69) is 4.99 Å². The molecule has 0 saturated heterocycles. The standard InChI is InChI=1S/C17H16F3NO3S2/c1-16(2,3)24-13(22)9-25-15-21-12(14(23)26-15)8-10-4-6-11(7-5-10)17(18,19)20/h4-8H,9H2,1-3H3. The Morgan fingerprint density at radius 2 is 1.85 bits per heavy atom. The van der Waals surface area contributed by atoms with Crippen molar-refractivity contribution in [2.24, 2.45) is 4.99 Å². The van der Waals surface area contributed by atoms with Crippen LogP contribution in [-0.2, 0) is 20.5 Å². The molecule has 0 aromatic heterocycles. The van der Waals surface area contributed by atoms with Crippen LogP contribution in [0.2, 0.25) is 0 Å². The lowest BCUT2D eigenvalue weighted by molar-refractivity contribution is -0.151. The second-order valence-corrected chi connectivity index (χ2v) is 8.48. The molecule has 9 heteroatoms. The van der Waals surface area contributed by atoms with Gasteiger partial charge in [0.15, 0.2) is 0 Å². The molecule has 26 heavy (non-hydrogen) atoms. The van der Waals surface area contributed by atoms with E-state index in [0.29, 0.717) is 9.94 Å². The van der Waals surface area contributed by atoms with Crippen LogP contribution < -0.4 is 0 Å². The number of rotatable bonds is 3. The van der Waals surface area contributed by atoms with Crippen LogP contribution in [-0.4, -0.2) is 26.8 Å². The highest BCUT2D eigenvalue weighted by Crippen LogP contribution is 2.32. The molecule has 2 rings (SSSR count). The summed E-state index contributed by atoms with van der Waals surface area (Å²) in [7, 11) is 0. The SMILES string of the molecule is CC(C)(C)OC(=O)CSC1=NC(=Cc2ccc(C(F)(F)F)cc2)C(=O)S1. The molecule has 0 spiro atoms. The lowest BCUT2D eigenvalue weighted by atomic mass is 10.1. The summed E-state index contributed by atoms with van der Waals surface area (Å²) in [6.07, 6.45) is -3.00. The van der Waals surface area contributed by atoms with Crippen molar-refractivity contribution in [3.05, 3.63) is 41.1 Å². The Hall–Kier alpha value is -1.74. The quantitative estimate of drug-likeness (QED) is 0.538. The molecule has 1 aliphatic heterocycles. The molecule has 0 radical (unpaired) electrons. The van der Waals surface area contributed by atoms with Crippen LogP contribution in [0.1, 0.15) is 31.9 Å². The number of halogens is 3. The third-order valence-corrected chi connectivity index (χ3v) is 4.86. The maximum atomic E-state index is 12.6. The summed E-state index contributed by atoms with van der Waals surface area (Å²) in [5.41, 5.74) is -0.791. The maximum Gasteiger partial charge on any atom is 0.416 e. The zero-order chi connectivity index (χ0) is 19.5. The van der Waals surface area contributed by atoms with E-state index in [0.717, 1.165) is 35.7 Å². The van der Waals surface area contributed by atoms with E-state index in [1.165, 1.54) is 18.2 Å². The largest absolute Gasteiger partial charge is 0.459 e. The summed E-state index contributed by atoms with van der Waals surface area (Å²) >= 11 is 1.96. The molecule has 1 heterocycles. The molecule has 0 N–H and O–H groups in total. The van der Waals surface area contributed by atoms with Gasteiger partial charge in [0.05, 0.1) is 11.3 Å². The summed E-state index contributed by atoms with van der Waals surface area (Å²) in [6.45, 7) is 5.27. The topological polar surface area (TPSA) is 55.7 Å². The highest BCUT2D eigenvalue weighted by atomic mass is 32.2. The Kier molecular flexibility index (Phi) is 6.23. The van der Waals surface area contributed by atoms with Crippen LogP contribution in [0.3, 0.4) is 0 Å². The molecule has 4 nitrogen and oxygen atoms in total. The van der Waals surface area contributed by atoms with Crippen molar-refractivity contribution < 1.29 is 27.5 Å². The van der Waals surface area contributed by atoms with Gasteiger partial charge in [-0.3, -0.25) is 9.59 Å². The molecule has 0 saturated carbocycles. The first kappa shape index (κ1) is 20.6. The van der Waals surface area contributed by atoms with Gasteiger partial charge in [-0.2, -0.15) is 13.2 Å². The molecule has 1 aromatic carbocycles. The summed E-state index contributed by atoms with van der Waals surface area (Å²) < 4.78 is 43.2. The fraction of sp³-hybridized carbons (Fsp3) is 0.353. The molecule has 1 aliphatic rings. The lowest BCUT2D eigenvalue weighted by Crippen LogP contribution is -2.25. The monoisotopic (exact) mass is 403 g/mol. The van der Waals surface area contributed by atoms with E-state index < -0.39 is 23.3 Å². The van der Waals surface area contributed by atoms with Crippen molar-refractivity contribution >= 4 is 45.1 Å². The molecule has 0 atom stereocenters. The smallest absolute Gasteiger partial charge is 0.416 e. The summed E-state index contributed by atoms with van der Waals surface area (Å²) in [5, 5.41) is -0.323. The zero-order valence-electron chi connectivity index (χ0n) is 14.2. The fourth-order valence-corrected chi connectivity index (χ4v) is 3.48. The average Bonchev–Trinajstić information content (AvgIpc) is 2.83. The van der Waals surface area contributed by atoms with Gasteiger partial charge in [0.1, 0.15) is 15.7 Å². The van der Waals surface area contributed by atoms with Gasteiger partial charge in [-0.25, -0.2) is 4.99 Å². The van der Waals surface area contributed by atoms with Crippen LogP contribution in [0.4, 0.5) is 13.2 Å². The average molecular weight is 403 g/mol. The van der Waals surface area contributed by atoms with E-state index in [4.69, 9.17) is 4.74 Å². The predicted octanol–water partition coefficient (Wildman–Crippen LogP) is 4.75. The van der Waals surface area contributed by atoms with Gasteiger partial charge in [-0.1, -0.05) is 23.9 Å². The highest BCUT2D eigenvalue weighted by molar-refractivity contribution is 8.45. The molecule has 0 amide bonds. The fourth-order valence-electron chi connectivity index (χ4n) is 1.87. The van der Waals surface area contributed by atoms with Crippen molar-refractivity contribution in [3.63, 3.8) is 0 Å². The van der Waals surface area contributed by atoms with Gasteiger partial charge in [-0.15, -0.1) is 0 Å². The number of alkyl halides is 3.